The van der Waals surface area contributed by atoms with E-state index in [4.69, 9.17) is 26.8 Å². The number of nitrogens with zero attached hydrogens (tertiary/aromatic N) is 7. The molecule has 19 aromatic carbocycles. The molecular weight excluding hydrogens is 1440 g/mol. The Balaban J connectivity index is 0.000000105. The zero-order valence-corrected chi connectivity index (χ0v) is 64.1. The fourth-order valence-corrected chi connectivity index (χ4v) is 18.5. The van der Waals surface area contributed by atoms with E-state index < -0.39 is 0 Å². The summed E-state index contributed by atoms with van der Waals surface area (Å²) in [4.78, 5) is 20.6. The van der Waals surface area contributed by atoms with E-state index in [2.05, 4.69) is 347 Å². The highest BCUT2D eigenvalue weighted by Crippen LogP contribution is 2.44. The van der Waals surface area contributed by atoms with E-state index in [0.29, 0.717) is 5.56 Å². The maximum absolute atomic E-state index is 8.34. The van der Waals surface area contributed by atoms with Gasteiger partial charge in [0, 0.05) is 43.4 Å². The van der Waals surface area contributed by atoms with Crippen LogP contribution >= 0.6 is 0 Å². The van der Waals surface area contributed by atoms with E-state index in [1.165, 1.54) is 103 Å². The van der Waals surface area contributed by atoms with E-state index in [0.717, 1.165) is 122 Å². The maximum atomic E-state index is 8.34. The molecule has 119 heavy (non-hydrogen) atoms. The molecule has 0 amide bonds. The Morgan fingerprint density at radius 1 is 0.176 bits per heavy atom. The summed E-state index contributed by atoms with van der Waals surface area (Å²) in [5.41, 5.74) is 24.1. The Bertz CT molecular complexity index is 8930. The Kier molecular flexibility index (Phi) is 14.4. The quantitative estimate of drug-likeness (QED) is 0.156. The van der Waals surface area contributed by atoms with Crippen molar-refractivity contribution in [1.82, 2.24) is 33.1 Å². The molecule has 552 valence electrons. The third kappa shape index (κ3) is 11.1. The van der Waals surface area contributed by atoms with E-state index in [9.17, 15) is 0 Å². The first-order valence-electron chi connectivity index (χ1n) is 42.7. The first-order chi connectivity index (χ1) is 61.1. The number of pyridine rings is 4. The number of aromatic nitrogens is 7. The minimum atomic E-state index is -0.389. The Hall–Kier alpha value is -16.0. The minimum absolute atomic E-state index is 0.201. The molecule has 7 nitrogen and oxygen atoms in total. The lowest BCUT2D eigenvalue weighted by molar-refractivity contribution is 1.31. The number of hydrogen-bond donors (Lipinski definition) is 0. The van der Waals surface area contributed by atoms with Gasteiger partial charge in [0.2, 0.25) is 0 Å². The van der Waals surface area contributed by atoms with Crippen molar-refractivity contribution in [3.63, 3.8) is 0 Å². The molecule has 0 aliphatic carbocycles. The summed E-state index contributed by atoms with van der Waals surface area (Å²) in [7, 11) is 0. The van der Waals surface area contributed by atoms with Crippen molar-refractivity contribution in [2.75, 3.05) is 0 Å². The molecule has 0 spiro atoms. The number of imidazole rings is 3. The summed E-state index contributed by atoms with van der Waals surface area (Å²) in [5.74, 6) is 0. The van der Waals surface area contributed by atoms with Gasteiger partial charge in [-0.15, -0.1) is 0 Å². The van der Waals surface area contributed by atoms with E-state index in [1.54, 1.807) is 0 Å². The highest BCUT2D eigenvalue weighted by Gasteiger charge is 2.22. The number of hydrogen-bond acceptors (Lipinski definition) is 4. The van der Waals surface area contributed by atoms with Crippen molar-refractivity contribution in [3.05, 3.63) is 418 Å². The van der Waals surface area contributed by atoms with Crippen LogP contribution in [0.4, 0.5) is 0 Å². The van der Waals surface area contributed by atoms with Crippen LogP contribution in [0, 0.1) is 0 Å². The minimum Gasteiger partial charge on any atom is -0.292 e. The molecule has 0 atom stereocenters. The summed E-state index contributed by atoms with van der Waals surface area (Å²) >= 11 is 0. The van der Waals surface area contributed by atoms with Crippen LogP contribution in [0.2, 0.25) is 0 Å². The number of benzene rings is 19. The molecule has 0 unspecified atom stereocenters. The lowest BCUT2D eigenvalue weighted by Crippen LogP contribution is -1.94. The fourth-order valence-electron chi connectivity index (χ4n) is 18.5. The second kappa shape index (κ2) is 27.4. The largest absolute Gasteiger partial charge is 0.292 e. The second-order valence-corrected chi connectivity index (χ2v) is 30.8. The van der Waals surface area contributed by atoms with Gasteiger partial charge in [-0.3, -0.25) is 13.2 Å². The predicted octanol–water partition coefficient (Wildman–Crippen LogP) is 29.5. The van der Waals surface area contributed by atoms with Crippen molar-refractivity contribution >= 4 is 169 Å². The topological polar surface area (TPSA) is 64.8 Å². The Labute approximate surface area is 690 Å². The first-order valence-corrected chi connectivity index (χ1v) is 40.2. The monoisotopic (exact) mass is 1520 g/mol. The van der Waals surface area contributed by atoms with Crippen LogP contribution in [0.25, 0.3) is 236 Å². The van der Waals surface area contributed by atoms with Gasteiger partial charge < -0.3 is 0 Å². The number of fused-ring (bicyclic) bond motifs is 33. The van der Waals surface area contributed by atoms with Crippen LogP contribution in [0.1, 0.15) is 6.85 Å². The molecule has 26 rings (SSSR count). The summed E-state index contributed by atoms with van der Waals surface area (Å²) in [5, 5.41) is 23.1. The van der Waals surface area contributed by atoms with Crippen LogP contribution in [-0.2, 0) is 0 Å². The highest BCUT2D eigenvalue weighted by molar-refractivity contribution is 6.27. The average molecular weight is 1520 g/mol. The van der Waals surface area contributed by atoms with Crippen molar-refractivity contribution in [3.8, 4) is 67.0 Å². The fraction of sp³-hybridized carbons (Fsp3) is 0. The number of rotatable bonds is 6. The van der Waals surface area contributed by atoms with Crippen molar-refractivity contribution in [2.45, 2.75) is 0 Å². The third-order valence-corrected chi connectivity index (χ3v) is 24.1. The van der Waals surface area contributed by atoms with Crippen molar-refractivity contribution in [1.29, 1.82) is 0 Å². The molecule has 0 N–H and O–H groups in total. The Morgan fingerprint density at radius 2 is 0.479 bits per heavy atom. The smallest absolute Gasteiger partial charge is 0.147 e. The zero-order valence-electron chi connectivity index (χ0n) is 69.1. The highest BCUT2D eigenvalue weighted by atomic mass is 15.0. The van der Waals surface area contributed by atoms with E-state index in [-0.39, 0.29) is 35.8 Å². The van der Waals surface area contributed by atoms with Gasteiger partial charge in [-0.25, -0.2) is 19.9 Å². The van der Waals surface area contributed by atoms with Crippen LogP contribution in [0.3, 0.4) is 0 Å². The van der Waals surface area contributed by atoms with Crippen LogP contribution in [0.5, 0.6) is 0 Å². The Morgan fingerprint density at radius 3 is 0.916 bits per heavy atom. The summed E-state index contributed by atoms with van der Waals surface area (Å²) in [6.45, 7) is 0. The predicted molar refractivity (Wildman–Crippen MR) is 501 cm³/mol. The summed E-state index contributed by atoms with van der Waals surface area (Å²) in [6.07, 6.45) is 0. The zero-order chi connectivity index (χ0) is 82.5. The molecule has 7 heterocycles. The van der Waals surface area contributed by atoms with E-state index >= 15 is 0 Å². The van der Waals surface area contributed by atoms with Gasteiger partial charge in [-0.2, -0.15) is 0 Å². The molecule has 7 heteroatoms. The molecule has 0 saturated carbocycles. The molecule has 0 aliphatic rings. The molecule has 0 aliphatic heterocycles. The normalized spacial score (nSPS) is 12.5. The van der Waals surface area contributed by atoms with Gasteiger partial charge in [0.05, 0.1) is 67.9 Å². The van der Waals surface area contributed by atoms with Crippen LogP contribution in [-0.4, -0.2) is 33.1 Å². The summed E-state index contributed by atoms with van der Waals surface area (Å²) < 4.78 is 47.6. The van der Waals surface area contributed by atoms with Crippen LogP contribution in [0.15, 0.2) is 418 Å². The van der Waals surface area contributed by atoms with Gasteiger partial charge in [0.15, 0.2) is 0 Å². The van der Waals surface area contributed by atoms with Crippen molar-refractivity contribution in [2.24, 2.45) is 0 Å². The molecule has 0 saturated heterocycles. The SMILES string of the molecule is [2H]c1c([2H])c([2H])c(-c2ccc(-c3ccc4c5ccc6ccccc6c5c5nc6ccccc6n5c4c3)cc2)c([2H])c1[2H].c1ccc(-c2cc(-c3ccc4c5ccc6ccccc6c5c5nc6ccccc6n5c4c3)cc(-c3ccccc3)n2)cc1.c1ccc2c(c1)ccc1ccc(-c3ccc4c5ccc6ccccc6c5c5nc6ccccc6n5c4c3)cc12. The second-order valence-electron chi connectivity index (χ2n) is 30.8. The molecule has 0 radical (unpaired) electrons. The van der Waals surface area contributed by atoms with Gasteiger partial charge in [-0.1, -0.05) is 346 Å². The first kappa shape index (κ1) is 62.5. The molecule has 0 bridgehead atoms. The molecular formula is C112H69N7. The summed E-state index contributed by atoms with van der Waals surface area (Å²) in [6, 6.07) is 136. The number of para-hydroxylation sites is 6. The van der Waals surface area contributed by atoms with Crippen LogP contribution < -0.4 is 0 Å². The van der Waals surface area contributed by atoms with Gasteiger partial charge in [-0.05, 0) is 187 Å². The lowest BCUT2D eigenvalue weighted by atomic mass is 9.95. The molecule has 7 aromatic heterocycles. The molecule has 26 aromatic rings. The maximum Gasteiger partial charge on any atom is 0.147 e. The van der Waals surface area contributed by atoms with Gasteiger partial charge in [0.1, 0.15) is 16.9 Å². The van der Waals surface area contributed by atoms with E-state index in [1.807, 2.05) is 54.6 Å². The standard InChI is InChI=1S/C40H25N3.C37H22N2.C35H22N2/c1-3-12-27(13-4-1)35-23-30(24-36(41-35)28-14-5-2-6-15-28)29-20-21-32-33-22-19-26-11-7-8-16-31(26)39(33)40-42-34-17-9-10-18-37(34)43(40)38(32)25-29;1-3-9-28-23(7-1)13-14-25-15-16-26(21-32(25)28)27-18-19-30-31-20-17-24-8-2-4-10-29(24)36(31)37-38-33-11-5-6-12-34(33)39(37)35(30)22-27;1-2-8-23(9-3-1)24-14-16-25(17-15-24)27-19-20-29-30-21-18-26-10-4-5-11-28(26)34(30)35-36-31-12-6-7-13-32(31)37(35)33(29)22-27/h1-25H;1-22H;1-22H/i;;1D,2D,3D,8D,9D. The average Bonchev–Trinajstić information content (AvgIpc) is 1.52. The van der Waals surface area contributed by atoms with Crippen molar-refractivity contribution < 1.29 is 6.85 Å². The van der Waals surface area contributed by atoms with Gasteiger partial charge in [0.25, 0.3) is 0 Å². The molecule has 0 fully saturated rings. The lowest BCUT2D eigenvalue weighted by Gasteiger charge is -2.14. The van der Waals surface area contributed by atoms with Gasteiger partial charge >= 0.3 is 0 Å². The third-order valence-electron chi connectivity index (χ3n) is 24.1.